The van der Waals surface area contributed by atoms with Gasteiger partial charge in [-0.05, 0) is 42.4 Å². The molecule has 2 saturated carbocycles. The highest BCUT2D eigenvalue weighted by atomic mass is 79.9. The number of alkyl halides is 1. The van der Waals surface area contributed by atoms with Crippen molar-refractivity contribution in [2.75, 3.05) is 0 Å². The molecule has 90 valence electrons. The molecular weight excluding hydrogens is 260 g/mol. The lowest BCUT2D eigenvalue weighted by Gasteiger charge is -2.53. The summed E-state index contributed by atoms with van der Waals surface area (Å²) >= 11 is 4.03. The minimum atomic E-state index is 0.441. The molecule has 0 aromatic carbocycles. The highest BCUT2D eigenvalue weighted by Gasteiger charge is 2.66. The first-order chi connectivity index (χ1) is 7.32. The zero-order chi connectivity index (χ0) is 11.8. The van der Waals surface area contributed by atoms with Crippen molar-refractivity contribution >= 4 is 15.9 Å². The summed E-state index contributed by atoms with van der Waals surface area (Å²) in [6.45, 7) is 9.92. The van der Waals surface area contributed by atoms with Crippen LogP contribution in [0.25, 0.3) is 0 Å². The van der Waals surface area contributed by atoms with Crippen LogP contribution in [0.4, 0.5) is 0 Å². The molecule has 3 rings (SSSR count). The van der Waals surface area contributed by atoms with E-state index in [1.165, 1.54) is 25.7 Å². The van der Waals surface area contributed by atoms with Gasteiger partial charge in [0.1, 0.15) is 0 Å². The summed E-state index contributed by atoms with van der Waals surface area (Å²) in [5, 5.41) is 0. The second-order valence-electron chi connectivity index (χ2n) is 7.31. The number of rotatable bonds is 0. The lowest BCUT2D eigenvalue weighted by Crippen LogP contribution is -2.47. The van der Waals surface area contributed by atoms with Crippen LogP contribution in [0.1, 0.15) is 53.4 Å². The molecule has 2 fully saturated rings. The molecule has 3 atom stereocenters. The van der Waals surface area contributed by atoms with E-state index in [2.05, 4.69) is 49.7 Å². The maximum absolute atomic E-state index is 4.03. The van der Waals surface area contributed by atoms with Crippen LogP contribution in [0.3, 0.4) is 0 Å². The molecule has 1 spiro atoms. The first-order valence-electron chi connectivity index (χ1n) is 6.69. The fraction of sp³-hybridized carbons (Fsp3) is 0.867. The molecule has 0 nitrogen and oxygen atoms in total. The van der Waals surface area contributed by atoms with Gasteiger partial charge in [0.05, 0.1) is 0 Å². The Hall–Kier alpha value is 0.220. The number of allylic oxidation sites excluding steroid dienone is 2. The lowest BCUT2D eigenvalue weighted by molar-refractivity contribution is 0.0913. The van der Waals surface area contributed by atoms with Gasteiger partial charge in [0.15, 0.2) is 0 Å². The summed E-state index contributed by atoms with van der Waals surface area (Å²) in [6.07, 6.45) is 8.17. The summed E-state index contributed by atoms with van der Waals surface area (Å²) in [7, 11) is 0. The van der Waals surface area contributed by atoms with E-state index in [9.17, 15) is 0 Å². The van der Waals surface area contributed by atoms with E-state index in [4.69, 9.17) is 0 Å². The highest BCUT2D eigenvalue weighted by Crippen LogP contribution is 2.73. The van der Waals surface area contributed by atoms with Crippen LogP contribution in [0.2, 0.25) is 0 Å². The molecule has 0 saturated heterocycles. The summed E-state index contributed by atoms with van der Waals surface area (Å²) < 4.78 is 0. The van der Waals surface area contributed by atoms with Crippen LogP contribution in [0.5, 0.6) is 0 Å². The number of fused-ring (bicyclic) bond motifs is 1. The average Bonchev–Trinajstić information content (AvgIpc) is 2.59. The van der Waals surface area contributed by atoms with Gasteiger partial charge in [-0.2, -0.15) is 0 Å². The van der Waals surface area contributed by atoms with E-state index >= 15 is 0 Å². The Morgan fingerprint density at radius 2 is 1.81 bits per heavy atom. The first kappa shape index (κ1) is 11.3. The Bertz CT molecular complexity index is 364. The topological polar surface area (TPSA) is 0 Å². The van der Waals surface area contributed by atoms with Crippen LogP contribution < -0.4 is 0 Å². The van der Waals surface area contributed by atoms with Gasteiger partial charge in [0.25, 0.3) is 0 Å². The van der Waals surface area contributed by atoms with E-state index in [1.54, 1.807) is 5.57 Å². The zero-order valence-corrected chi connectivity index (χ0v) is 12.5. The molecule has 3 aliphatic carbocycles. The van der Waals surface area contributed by atoms with Crippen molar-refractivity contribution in [1.82, 2.24) is 0 Å². The summed E-state index contributed by atoms with van der Waals surface area (Å²) in [4.78, 5) is 0.710. The van der Waals surface area contributed by atoms with E-state index in [0.717, 1.165) is 5.92 Å². The fourth-order valence-electron chi connectivity index (χ4n) is 4.95. The van der Waals surface area contributed by atoms with Gasteiger partial charge in [0, 0.05) is 10.2 Å². The van der Waals surface area contributed by atoms with Crippen molar-refractivity contribution in [1.29, 1.82) is 0 Å². The molecule has 3 unspecified atom stereocenters. The third-order valence-electron chi connectivity index (χ3n) is 6.06. The molecule has 0 aromatic rings. The smallest absolute Gasteiger partial charge is 0.0245 e. The zero-order valence-electron chi connectivity index (χ0n) is 10.9. The normalized spacial score (nSPS) is 47.7. The van der Waals surface area contributed by atoms with Gasteiger partial charge >= 0.3 is 0 Å². The largest absolute Gasteiger partial charge is 0.0881 e. The Labute approximate surface area is 108 Å². The number of hydrogen-bond donors (Lipinski definition) is 0. The lowest BCUT2D eigenvalue weighted by atomic mass is 9.54. The van der Waals surface area contributed by atoms with Crippen molar-refractivity contribution in [3.05, 3.63) is 11.6 Å². The minimum absolute atomic E-state index is 0.441. The molecule has 0 N–H and O–H groups in total. The van der Waals surface area contributed by atoms with Crippen LogP contribution in [-0.4, -0.2) is 4.83 Å². The van der Waals surface area contributed by atoms with Crippen molar-refractivity contribution in [3.8, 4) is 0 Å². The van der Waals surface area contributed by atoms with Crippen LogP contribution in [0.15, 0.2) is 11.6 Å². The Morgan fingerprint density at radius 1 is 1.12 bits per heavy atom. The Morgan fingerprint density at radius 3 is 2.38 bits per heavy atom. The summed E-state index contributed by atoms with van der Waals surface area (Å²) in [5.41, 5.74) is 3.18. The van der Waals surface area contributed by atoms with Gasteiger partial charge < -0.3 is 0 Å². The average molecular weight is 283 g/mol. The third kappa shape index (κ3) is 1.03. The Kier molecular flexibility index (Phi) is 2.10. The van der Waals surface area contributed by atoms with Crippen molar-refractivity contribution in [2.45, 2.75) is 58.2 Å². The predicted octanol–water partition coefficient (Wildman–Crippen LogP) is 4.93. The molecule has 0 aliphatic heterocycles. The molecule has 3 aliphatic rings. The fourth-order valence-corrected chi connectivity index (χ4v) is 6.24. The maximum Gasteiger partial charge on any atom is 0.0245 e. The van der Waals surface area contributed by atoms with Crippen LogP contribution >= 0.6 is 15.9 Å². The predicted molar refractivity (Wildman–Crippen MR) is 72.8 cm³/mol. The highest BCUT2D eigenvalue weighted by molar-refractivity contribution is 9.09. The van der Waals surface area contributed by atoms with E-state index in [1.807, 2.05) is 0 Å². The van der Waals surface area contributed by atoms with Crippen LogP contribution in [0, 0.1) is 22.2 Å². The number of hydrogen-bond acceptors (Lipinski definition) is 0. The molecule has 0 amide bonds. The van der Waals surface area contributed by atoms with Gasteiger partial charge in [-0.25, -0.2) is 0 Å². The minimum Gasteiger partial charge on any atom is -0.0881 e. The molecule has 16 heavy (non-hydrogen) atoms. The SMILES string of the molecule is CC1(C)CCC(Br)C23CCC(C=C12)C3(C)C. The van der Waals surface area contributed by atoms with Crippen molar-refractivity contribution in [2.24, 2.45) is 22.2 Å². The Balaban J connectivity index is 2.18. The van der Waals surface area contributed by atoms with E-state index in [-0.39, 0.29) is 0 Å². The van der Waals surface area contributed by atoms with Gasteiger partial charge in [0.2, 0.25) is 0 Å². The van der Waals surface area contributed by atoms with Crippen molar-refractivity contribution < 1.29 is 0 Å². The number of halogens is 1. The van der Waals surface area contributed by atoms with Gasteiger partial charge in [-0.15, -0.1) is 0 Å². The second kappa shape index (κ2) is 2.96. The monoisotopic (exact) mass is 282 g/mol. The molecule has 0 radical (unpaired) electrons. The van der Waals surface area contributed by atoms with Gasteiger partial charge in [-0.1, -0.05) is 55.3 Å². The van der Waals surface area contributed by atoms with Crippen molar-refractivity contribution in [3.63, 3.8) is 0 Å². The molecular formula is C15H23Br. The third-order valence-corrected chi connectivity index (χ3v) is 7.30. The first-order valence-corrected chi connectivity index (χ1v) is 7.61. The van der Waals surface area contributed by atoms with E-state index in [0.29, 0.717) is 21.1 Å². The molecule has 0 aromatic heterocycles. The quantitative estimate of drug-likeness (QED) is 0.436. The molecule has 2 bridgehead atoms. The standard InChI is InChI=1S/C15H23Br/c1-13(2)7-6-12(16)15-8-5-10(9-11(13)15)14(15,3)4/h9-10,12H,5-8H2,1-4H3. The summed E-state index contributed by atoms with van der Waals surface area (Å²) in [6, 6.07) is 0. The molecule has 0 heterocycles. The van der Waals surface area contributed by atoms with Crippen LogP contribution in [-0.2, 0) is 0 Å². The van der Waals surface area contributed by atoms with E-state index < -0.39 is 0 Å². The molecule has 1 heteroatoms. The maximum atomic E-state index is 4.03. The van der Waals surface area contributed by atoms with Gasteiger partial charge in [-0.3, -0.25) is 0 Å². The second-order valence-corrected chi connectivity index (χ2v) is 8.41. The summed E-state index contributed by atoms with van der Waals surface area (Å²) in [5.74, 6) is 0.833.